The molecule has 0 aromatic rings. The zero-order chi connectivity index (χ0) is 12.7. The Morgan fingerprint density at radius 2 is 2.12 bits per heavy atom. The molecule has 0 bridgehead atoms. The minimum atomic E-state index is 0.506. The van der Waals surface area contributed by atoms with Gasteiger partial charge in [-0.3, -0.25) is 5.41 Å². The van der Waals surface area contributed by atoms with Gasteiger partial charge in [-0.1, -0.05) is 0 Å². The lowest BCUT2D eigenvalue weighted by molar-refractivity contribution is 0.744. The largest absolute Gasteiger partial charge is 0.394 e. The Kier molecular flexibility index (Phi) is 6.25. The highest BCUT2D eigenvalue weighted by atomic mass is 127. The van der Waals surface area contributed by atoms with Crippen LogP contribution in [-0.4, -0.2) is 23.5 Å². The maximum atomic E-state index is 7.63. The van der Waals surface area contributed by atoms with Crippen molar-refractivity contribution in [2.45, 2.75) is 19.3 Å². The van der Waals surface area contributed by atoms with Gasteiger partial charge in [-0.25, -0.2) is 0 Å². The van der Waals surface area contributed by atoms with Crippen LogP contribution in [0.1, 0.15) is 19.3 Å². The highest BCUT2D eigenvalue weighted by Gasteiger charge is 2.19. The molecule has 0 radical (unpaired) electrons. The van der Waals surface area contributed by atoms with Crippen LogP contribution in [0.2, 0.25) is 0 Å². The lowest BCUT2D eigenvalue weighted by Gasteiger charge is -2.06. The summed E-state index contributed by atoms with van der Waals surface area (Å²) in [4.78, 5) is 0. The molecular weight excluding hydrogens is 327 g/mol. The van der Waals surface area contributed by atoms with Crippen molar-refractivity contribution in [2.75, 3.05) is 13.6 Å². The zero-order valence-corrected chi connectivity index (χ0v) is 12.2. The molecule has 1 saturated carbocycles. The molecule has 0 spiro atoms. The quantitative estimate of drug-likeness (QED) is 0.403. The number of halogens is 1. The van der Waals surface area contributed by atoms with Crippen LogP contribution in [-0.2, 0) is 0 Å². The van der Waals surface area contributed by atoms with Gasteiger partial charge in [0.15, 0.2) is 0 Å². The minimum Gasteiger partial charge on any atom is -0.394 e. The molecule has 0 unspecified atom stereocenters. The van der Waals surface area contributed by atoms with E-state index in [2.05, 4.69) is 10.6 Å². The molecular formula is C12H19IN4. The monoisotopic (exact) mass is 346 g/mol. The first-order valence-corrected chi connectivity index (χ1v) is 6.79. The topological polar surface area (TPSA) is 71.8 Å². The molecule has 0 heterocycles. The van der Waals surface area contributed by atoms with Crippen molar-refractivity contribution in [3.05, 3.63) is 23.5 Å². The fraction of sp³-hybridized carbons (Fsp3) is 0.500. The Morgan fingerprint density at radius 1 is 1.41 bits per heavy atom. The van der Waals surface area contributed by atoms with E-state index in [0.29, 0.717) is 10.1 Å². The molecule has 17 heavy (non-hydrogen) atoms. The molecule has 0 atom stereocenters. The van der Waals surface area contributed by atoms with Gasteiger partial charge in [0.05, 0.1) is 3.72 Å². The molecule has 0 amide bonds. The van der Waals surface area contributed by atoms with E-state index in [0.717, 1.165) is 23.6 Å². The number of hydrogen-bond donors (Lipinski definition) is 4. The van der Waals surface area contributed by atoms with Crippen molar-refractivity contribution in [2.24, 2.45) is 5.92 Å². The van der Waals surface area contributed by atoms with Gasteiger partial charge in [0.1, 0.15) is 0 Å². The summed E-state index contributed by atoms with van der Waals surface area (Å²) in [6, 6.07) is 0. The minimum absolute atomic E-state index is 0.506. The van der Waals surface area contributed by atoms with Crippen molar-refractivity contribution < 1.29 is 0 Å². The summed E-state index contributed by atoms with van der Waals surface area (Å²) in [5.41, 5.74) is 1.80. The number of rotatable bonds is 8. The summed E-state index contributed by atoms with van der Waals surface area (Å²) in [6.07, 6.45) is 8.32. The second kappa shape index (κ2) is 7.47. The highest BCUT2D eigenvalue weighted by Crippen LogP contribution is 2.27. The van der Waals surface area contributed by atoms with Crippen LogP contribution in [0, 0.1) is 16.7 Å². The van der Waals surface area contributed by atoms with Crippen LogP contribution in [0.5, 0.6) is 0 Å². The predicted molar refractivity (Wildman–Crippen MR) is 81.1 cm³/mol. The van der Waals surface area contributed by atoms with Gasteiger partial charge < -0.3 is 16.0 Å². The van der Waals surface area contributed by atoms with E-state index >= 15 is 0 Å². The highest BCUT2D eigenvalue weighted by molar-refractivity contribution is 14.1. The molecule has 5 heteroatoms. The van der Waals surface area contributed by atoms with Crippen LogP contribution in [0.4, 0.5) is 0 Å². The Labute approximate surface area is 116 Å². The van der Waals surface area contributed by atoms with Crippen LogP contribution in [0.25, 0.3) is 0 Å². The van der Waals surface area contributed by atoms with Crippen molar-refractivity contribution >= 4 is 32.5 Å². The third kappa shape index (κ3) is 5.86. The average Bonchev–Trinajstić information content (AvgIpc) is 3.10. The van der Waals surface area contributed by atoms with Gasteiger partial charge in [0.2, 0.25) is 0 Å². The Balaban J connectivity index is 2.50. The molecule has 0 aromatic carbocycles. The molecule has 0 saturated heterocycles. The lowest BCUT2D eigenvalue weighted by Crippen LogP contribution is -2.11. The molecule has 1 aliphatic carbocycles. The third-order valence-electron chi connectivity index (χ3n) is 2.57. The molecule has 4 N–H and O–H groups in total. The van der Waals surface area contributed by atoms with Gasteiger partial charge in [0, 0.05) is 44.2 Å². The van der Waals surface area contributed by atoms with Gasteiger partial charge in [-0.15, -0.1) is 0 Å². The molecule has 1 fully saturated rings. The van der Waals surface area contributed by atoms with Crippen LogP contribution in [0.15, 0.2) is 23.5 Å². The van der Waals surface area contributed by atoms with Gasteiger partial charge >= 0.3 is 0 Å². The van der Waals surface area contributed by atoms with Crippen molar-refractivity contribution in [3.8, 4) is 0 Å². The average molecular weight is 346 g/mol. The van der Waals surface area contributed by atoms with Gasteiger partial charge in [-0.2, -0.15) is 0 Å². The second-order valence-electron chi connectivity index (χ2n) is 4.16. The first kappa shape index (κ1) is 14.2. The number of hydrogen-bond acceptors (Lipinski definition) is 4. The first-order chi connectivity index (χ1) is 8.17. The molecule has 1 aliphatic rings. The summed E-state index contributed by atoms with van der Waals surface area (Å²) in [6.45, 7) is 1.00. The molecule has 0 aliphatic heterocycles. The van der Waals surface area contributed by atoms with E-state index in [1.807, 2.05) is 42.0 Å². The Bertz CT molecular complexity index is 342. The number of allylic oxidation sites excluding steroid dienone is 2. The maximum Gasteiger partial charge on any atom is 0.0969 e. The van der Waals surface area contributed by atoms with E-state index in [4.69, 9.17) is 10.8 Å². The normalized spacial score (nSPS) is 16.6. The van der Waals surface area contributed by atoms with Crippen LogP contribution >= 0.6 is 22.6 Å². The molecule has 0 aromatic heterocycles. The first-order valence-electron chi connectivity index (χ1n) is 5.71. The fourth-order valence-electron chi connectivity index (χ4n) is 1.41. The second-order valence-corrected chi connectivity index (χ2v) is 5.24. The SMILES string of the molecule is CN/C=C(/C/C(C=N)=C/NCC1CC1)C(=N)I. The smallest absolute Gasteiger partial charge is 0.0969 e. The maximum absolute atomic E-state index is 7.63. The fourth-order valence-corrected chi connectivity index (χ4v) is 1.75. The summed E-state index contributed by atoms with van der Waals surface area (Å²) in [7, 11) is 1.82. The summed E-state index contributed by atoms with van der Waals surface area (Å²) in [5, 5.41) is 21.2. The molecule has 1 rings (SSSR count). The Hall–Kier alpha value is -0.850. The van der Waals surface area contributed by atoms with Crippen LogP contribution in [0.3, 0.4) is 0 Å². The van der Waals surface area contributed by atoms with E-state index in [9.17, 15) is 0 Å². The predicted octanol–water partition coefficient (Wildman–Crippen LogP) is 2.43. The third-order valence-corrected chi connectivity index (χ3v) is 3.26. The van der Waals surface area contributed by atoms with E-state index in [-0.39, 0.29) is 0 Å². The van der Waals surface area contributed by atoms with Crippen molar-refractivity contribution in [1.29, 1.82) is 10.8 Å². The molecule has 94 valence electrons. The van der Waals surface area contributed by atoms with Crippen molar-refractivity contribution in [3.63, 3.8) is 0 Å². The van der Waals surface area contributed by atoms with E-state index < -0.39 is 0 Å². The summed E-state index contributed by atoms with van der Waals surface area (Å²) in [5.74, 6) is 0.827. The zero-order valence-electron chi connectivity index (χ0n) is 10.0. The molecule has 4 nitrogen and oxygen atoms in total. The van der Waals surface area contributed by atoms with Gasteiger partial charge in [0.25, 0.3) is 0 Å². The Morgan fingerprint density at radius 3 is 2.59 bits per heavy atom. The lowest BCUT2D eigenvalue weighted by atomic mass is 10.1. The standard InChI is InChI=1S/C12H19IN4/c1-16-8-11(12(13)15)4-10(5-14)7-17-6-9-2-3-9/h5,7-9,14-17H,2-4,6H2,1H3/b10-7-,11-8-,14-5?,15-12?. The van der Waals surface area contributed by atoms with E-state index in [1.165, 1.54) is 19.1 Å². The summed E-state index contributed by atoms with van der Waals surface area (Å²) < 4.78 is 0.506. The summed E-state index contributed by atoms with van der Waals surface area (Å²) >= 11 is 1.99. The van der Waals surface area contributed by atoms with Crippen molar-refractivity contribution in [1.82, 2.24) is 10.6 Å². The van der Waals surface area contributed by atoms with Gasteiger partial charge in [-0.05, 0) is 46.9 Å². The number of nitrogens with one attached hydrogen (secondary N) is 4. The van der Waals surface area contributed by atoms with Crippen LogP contribution < -0.4 is 10.6 Å². The van der Waals surface area contributed by atoms with E-state index in [1.54, 1.807) is 0 Å².